The maximum Gasteiger partial charge on any atom is 0.310 e. The third-order valence-corrected chi connectivity index (χ3v) is 5.95. The van der Waals surface area contributed by atoms with Crippen molar-refractivity contribution in [3.05, 3.63) is 78.4 Å². The van der Waals surface area contributed by atoms with Gasteiger partial charge in [0.15, 0.2) is 0 Å². The molecule has 0 aromatic heterocycles. The second-order valence-electron chi connectivity index (χ2n) is 10.7. The average molecular weight is 504 g/mol. The second kappa shape index (κ2) is 12.0. The highest BCUT2D eigenvalue weighted by Gasteiger charge is 2.38. The number of rotatable bonds is 9. The number of amides is 2. The Morgan fingerprint density at radius 3 is 2.35 bits per heavy atom. The largest absolute Gasteiger partial charge is 0.460 e. The van der Waals surface area contributed by atoms with Gasteiger partial charge in [-0.2, -0.15) is 0 Å². The molecule has 7 heteroatoms. The number of carbonyl (C=O) groups excluding carboxylic acids is 3. The summed E-state index contributed by atoms with van der Waals surface area (Å²) in [6, 6.07) is 16.9. The van der Waals surface area contributed by atoms with Crippen LogP contribution < -0.4 is 10.6 Å². The molecular formula is C30H37N3O4. The summed E-state index contributed by atoms with van der Waals surface area (Å²) < 4.78 is 5.64. The highest BCUT2D eigenvalue weighted by atomic mass is 16.6. The topological polar surface area (TPSA) is 96.9 Å². The van der Waals surface area contributed by atoms with Crippen molar-refractivity contribution >= 4 is 29.2 Å². The molecule has 2 N–H and O–H groups in total. The number of ether oxygens (including phenoxy) is 1. The molecule has 7 nitrogen and oxygen atoms in total. The van der Waals surface area contributed by atoms with E-state index in [0.29, 0.717) is 17.8 Å². The van der Waals surface area contributed by atoms with Crippen LogP contribution in [0.1, 0.15) is 58.6 Å². The summed E-state index contributed by atoms with van der Waals surface area (Å²) in [5.74, 6) is -2.66. The molecule has 0 saturated carbocycles. The number of carbonyl (C=O) groups is 3. The standard InChI is InChI=1S/C30H37N3O4/c1-7-13-21(29(36)37-30(4,5)6)23(18-19(2)3)27(34)33-26-28(35)31-24-17-12-11-16-22(24)25(32-26)20-14-9-8-10-15-20/h7-12,14-17,19,21,23,26H,1,13,18H2,2-6H3,(H,31,35)(H,33,34). The van der Waals surface area contributed by atoms with E-state index in [-0.39, 0.29) is 12.3 Å². The minimum absolute atomic E-state index is 0.126. The van der Waals surface area contributed by atoms with Crippen LogP contribution in [-0.2, 0) is 19.1 Å². The van der Waals surface area contributed by atoms with E-state index in [9.17, 15) is 14.4 Å². The van der Waals surface area contributed by atoms with E-state index in [2.05, 4.69) is 17.2 Å². The lowest BCUT2D eigenvalue weighted by atomic mass is 9.82. The Morgan fingerprint density at radius 2 is 1.73 bits per heavy atom. The van der Waals surface area contributed by atoms with Crippen molar-refractivity contribution in [1.29, 1.82) is 0 Å². The zero-order valence-corrected chi connectivity index (χ0v) is 22.3. The van der Waals surface area contributed by atoms with Gasteiger partial charge in [0.1, 0.15) is 5.60 Å². The summed E-state index contributed by atoms with van der Waals surface area (Å²) in [6.45, 7) is 13.1. The molecule has 1 heterocycles. The van der Waals surface area contributed by atoms with Crippen molar-refractivity contribution in [2.75, 3.05) is 5.32 Å². The van der Waals surface area contributed by atoms with Gasteiger partial charge in [-0.3, -0.25) is 14.4 Å². The molecule has 0 bridgehead atoms. The lowest BCUT2D eigenvalue weighted by Gasteiger charge is -2.29. The SMILES string of the molecule is C=CCC(C(=O)OC(C)(C)C)C(CC(C)C)C(=O)NC1N=C(c2ccccc2)c2ccccc2NC1=O. The highest BCUT2D eigenvalue weighted by Crippen LogP contribution is 2.29. The molecule has 3 rings (SSSR count). The van der Waals surface area contributed by atoms with Crippen LogP contribution in [0.2, 0.25) is 0 Å². The zero-order valence-electron chi connectivity index (χ0n) is 22.3. The van der Waals surface area contributed by atoms with Gasteiger partial charge in [-0.25, -0.2) is 4.99 Å². The van der Waals surface area contributed by atoms with E-state index in [1.807, 2.05) is 62.4 Å². The smallest absolute Gasteiger partial charge is 0.310 e. The van der Waals surface area contributed by atoms with Gasteiger partial charge in [-0.1, -0.05) is 68.5 Å². The molecule has 0 spiro atoms. The number of esters is 1. The first-order valence-electron chi connectivity index (χ1n) is 12.7. The Bertz CT molecular complexity index is 1160. The van der Waals surface area contributed by atoms with Gasteiger partial charge in [0.25, 0.3) is 5.91 Å². The maximum atomic E-state index is 13.7. The third-order valence-electron chi connectivity index (χ3n) is 5.95. The molecule has 37 heavy (non-hydrogen) atoms. The van der Waals surface area contributed by atoms with Crippen LogP contribution in [0.3, 0.4) is 0 Å². The molecule has 3 unspecified atom stereocenters. The summed E-state index contributed by atoms with van der Waals surface area (Å²) in [7, 11) is 0. The van der Waals surface area contributed by atoms with Gasteiger partial charge >= 0.3 is 5.97 Å². The van der Waals surface area contributed by atoms with Gasteiger partial charge in [0.05, 0.1) is 23.2 Å². The fourth-order valence-electron chi connectivity index (χ4n) is 4.37. The van der Waals surface area contributed by atoms with Crippen LogP contribution in [-0.4, -0.2) is 35.3 Å². The van der Waals surface area contributed by atoms with Crippen LogP contribution in [0, 0.1) is 17.8 Å². The summed E-state index contributed by atoms with van der Waals surface area (Å²) >= 11 is 0. The normalized spacial score (nSPS) is 17.0. The first kappa shape index (κ1) is 27.8. The number of para-hydroxylation sites is 1. The number of hydrogen-bond donors (Lipinski definition) is 2. The Kier molecular flexibility index (Phi) is 9.03. The Balaban J connectivity index is 1.97. The summed E-state index contributed by atoms with van der Waals surface area (Å²) in [5.41, 5.74) is 2.09. The minimum atomic E-state index is -1.17. The summed E-state index contributed by atoms with van der Waals surface area (Å²) in [5, 5.41) is 5.71. The monoisotopic (exact) mass is 503 g/mol. The van der Waals surface area contributed by atoms with Crippen molar-refractivity contribution < 1.29 is 19.1 Å². The molecule has 1 aliphatic rings. The van der Waals surface area contributed by atoms with Gasteiger partial charge in [0.2, 0.25) is 12.1 Å². The number of fused-ring (bicyclic) bond motifs is 1. The predicted molar refractivity (Wildman–Crippen MR) is 146 cm³/mol. The van der Waals surface area contributed by atoms with Gasteiger partial charge in [-0.15, -0.1) is 6.58 Å². The van der Waals surface area contributed by atoms with Crippen molar-refractivity contribution in [3.63, 3.8) is 0 Å². The lowest BCUT2D eigenvalue weighted by Crippen LogP contribution is -2.48. The molecule has 3 atom stereocenters. The highest BCUT2D eigenvalue weighted by molar-refractivity contribution is 6.19. The Morgan fingerprint density at radius 1 is 1.08 bits per heavy atom. The van der Waals surface area contributed by atoms with Gasteiger partial charge in [0, 0.05) is 11.1 Å². The van der Waals surface area contributed by atoms with Crippen molar-refractivity contribution in [2.24, 2.45) is 22.7 Å². The first-order chi connectivity index (χ1) is 17.5. The van der Waals surface area contributed by atoms with E-state index < -0.39 is 41.4 Å². The molecule has 0 fully saturated rings. The Labute approximate surface area is 219 Å². The molecular weight excluding hydrogens is 466 g/mol. The van der Waals surface area contributed by atoms with Crippen molar-refractivity contribution in [3.8, 4) is 0 Å². The molecule has 0 radical (unpaired) electrons. The average Bonchev–Trinajstić information content (AvgIpc) is 2.96. The molecule has 0 saturated heterocycles. The lowest BCUT2D eigenvalue weighted by molar-refractivity contribution is -0.164. The van der Waals surface area contributed by atoms with Gasteiger partial charge < -0.3 is 15.4 Å². The number of benzene rings is 2. The molecule has 0 aliphatic carbocycles. The van der Waals surface area contributed by atoms with Gasteiger partial charge in [-0.05, 0) is 45.6 Å². The Hall–Kier alpha value is -3.74. The number of aliphatic imine (C=N–C) groups is 1. The molecule has 2 amide bonds. The quantitative estimate of drug-likeness (QED) is 0.367. The number of nitrogens with zero attached hydrogens (tertiary/aromatic N) is 1. The third kappa shape index (κ3) is 7.38. The first-order valence-corrected chi connectivity index (χ1v) is 12.7. The van der Waals surface area contributed by atoms with Crippen LogP contribution in [0.25, 0.3) is 0 Å². The molecule has 196 valence electrons. The molecule has 2 aromatic carbocycles. The maximum absolute atomic E-state index is 13.7. The van der Waals surface area contributed by atoms with E-state index in [4.69, 9.17) is 9.73 Å². The van der Waals surface area contributed by atoms with Crippen LogP contribution in [0.15, 0.2) is 72.2 Å². The molecule has 1 aliphatic heterocycles. The van der Waals surface area contributed by atoms with Crippen molar-refractivity contribution in [2.45, 2.75) is 59.2 Å². The number of hydrogen-bond acceptors (Lipinski definition) is 5. The fourth-order valence-corrected chi connectivity index (χ4v) is 4.37. The fraction of sp³-hybridized carbons (Fsp3) is 0.400. The molecule has 2 aromatic rings. The van der Waals surface area contributed by atoms with E-state index in [1.165, 1.54) is 0 Å². The van der Waals surface area contributed by atoms with E-state index >= 15 is 0 Å². The number of nitrogens with one attached hydrogen (secondary N) is 2. The number of anilines is 1. The zero-order chi connectivity index (χ0) is 27.2. The minimum Gasteiger partial charge on any atom is -0.460 e. The number of benzodiazepines with no additional fused rings is 1. The van der Waals surface area contributed by atoms with Crippen LogP contribution in [0.5, 0.6) is 0 Å². The number of allylic oxidation sites excluding steroid dienone is 1. The van der Waals surface area contributed by atoms with Crippen LogP contribution >= 0.6 is 0 Å². The van der Waals surface area contributed by atoms with Crippen LogP contribution in [0.4, 0.5) is 5.69 Å². The van der Waals surface area contributed by atoms with E-state index in [1.54, 1.807) is 32.9 Å². The van der Waals surface area contributed by atoms with Crippen molar-refractivity contribution in [1.82, 2.24) is 5.32 Å². The second-order valence-corrected chi connectivity index (χ2v) is 10.7. The summed E-state index contributed by atoms with van der Waals surface area (Å²) in [6.07, 6.45) is 1.16. The predicted octanol–water partition coefficient (Wildman–Crippen LogP) is 5.11. The van der Waals surface area contributed by atoms with E-state index in [0.717, 1.165) is 11.1 Å². The summed E-state index contributed by atoms with van der Waals surface area (Å²) in [4.78, 5) is 44.7.